The molecule has 0 fully saturated rings. The van der Waals surface area contributed by atoms with Crippen molar-refractivity contribution in [3.8, 4) is 11.8 Å². The molecule has 0 aromatic rings. The van der Waals surface area contributed by atoms with Crippen LogP contribution in [0.15, 0.2) is 23.3 Å². The second-order valence-electron chi connectivity index (χ2n) is 4.45. The van der Waals surface area contributed by atoms with Crippen molar-refractivity contribution in [2.75, 3.05) is 0 Å². The molecule has 0 bridgehead atoms. The van der Waals surface area contributed by atoms with E-state index in [9.17, 15) is 0 Å². The van der Waals surface area contributed by atoms with Crippen LogP contribution in [0.4, 0.5) is 0 Å². The summed E-state index contributed by atoms with van der Waals surface area (Å²) in [4.78, 5) is 0. The zero-order valence-corrected chi connectivity index (χ0v) is 11.1. The van der Waals surface area contributed by atoms with Gasteiger partial charge in [-0.05, 0) is 45.6 Å². The zero-order valence-electron chi connectivity index (χ0n) is 11.1. The topological polar surface area (TPSA) is 0 Å². The van der Waals surface area contributed by atoms with Gasteiger partial charge in [-0.1, -0.05) is 43.4 Å². The summed E-state index contributed by atoms with van der Waals surface area (Å²) in [7, 11) is 0. The van der Waals surface area contributed by atoms with Crippen molar-refractivity contribution in [1.29, 1.82) is 0 Å². The first-order chi connectivity index (χ1) is 6.90. The smallest absolute Gasteiger partial charge is 0.0382 e. The number of allylic oxidation sites excluding steroid dienone is 3. The van der Waals surface area contributed by atoms with Crippen LogP contribution in [0.1, 0.15) is 48.0 Å². The van der Waals surface area contributed by atoms with E-state index in [1.54, 1.807) is 0 Å². The van der Waals surface area contributed by atoms with Crippen LogP contribution in [-0.2, 0) is 0 Å². The van der Waals surface area contributed by atoms with Crippen molar-refractivity contribution in [2.24, 2.45) is 11.8 Å². The first-order valence-corrected chi connectivity index (χ1v) is 5.74. The van der Waals surface area contributed by atoms with Gasteiger partial charge >= 0.3 is 0 Å². The average molecular weight is 204 g/mol. The Morgan fingerprint density at radius 3 is 2.13 bits per heavy atom. The quantitative estimate of drug-likeness (QED) is 0.466. The van der Waals surface area contributed by atoms with Crippen LogP contribution in [0, 0.1) is 23.7 Å². The van der Waals surface area contributed by atoms with Gasteiger partial charge in [-0.15, -0.1) is 0 Å². The third-order valence-corrected chi connectivity index (χ3v) is 3.16. The van der Waals surface area contributed by atoms with Crippen molar-refractivity contribution >= 4 is 0 Å². The van der Waals surface area contributed by atoms with E-state index in [2.05, 4.69) is 53.0 Å². The van der Waals surface area contributed by atoms with Gasteiger partial charge in [-0.3, -0.25) is 0 Å². The minimum absolute atomic E-state index is 0.296. The first-order valence-electron chi connectivity index (χ1n) is 5.74. The molecular weight excluding hydrogens is 180 g/mol. The highest BCUT2D eigenvalue weighted by atomic mass is 14.1. The van der Waals surface area contributed by atoms with E-state index < -0.39 is 0 Å². The SMILES string of the molecule is C=C(C)C(C)C#CC(C)=C(C)C(C)CC. The Labute approximate surface area is 95.5 Å². The lowest BCUT2D eigenvalue weighted by atomic mass is 9.95. The summed E-state index contributed by atoms with van der Waals surface area (Å²) in [6.07, 6.45) is 1.18. The fourth-order valence-corrected chi connectivity index (χ4v) is 1.11. The molecule has 0 saturated heterocycles. The van der Waals surface area contributed by atoms with Crippen molar-refractivity contribution in [3.05, 3.63) is 23.3 Å². The third kappa shape index (κ3) is 4.88. The Bertz CT molecular complexity index is 307. The highest BCUT2D eigenvalue weighted by molar-refractivity contribution is 5.33. The summed E-state index contributed by atoms with van der Waals surface area (Å²) < 4.78 is 0. The molecule has 0 aliphatic heterocycles. The van der Waals surface area contributed by atoms with Gasteiger partial charge in [0.05, 0.1) is 0 Å². The maximum absolute atomic E-state index is 3.91. The Balaban J connectivity index is 4.72. The predicted octanol–water partition coefficient (Wildman–Crippen LogP) is 4.58. The van der Waals surface area contributed by atoms with Gasteiger partial charge in [0, 0.05) is 5.92 Å². The highest BCUT2D eigenvalue weighted by Gasteiger charge is 2.03. The second-order valence-corrected chi connectivity index (χ2v) is 4.45. The second kappa shape index (κ2) is 6.51. The molecule has 0 aromatic carbocycles. The molecule has 0 nitrogen and oxygen atoms in total. The van der Waals surface area contributed by atoms with Gasteiger partial charge in [-0.25, -0.2) is 0 Å². The van der Waals surface area contributed by atoms with Crippen LogP contribution >= 0.6 is 0 Å². The molecule has 0 aromatic heterocycles. The van der Waals surface area contributed by atoms with Crippen LogP contribution in [0.25, 0.3) is 0 Å². The van der Waals surface area contributed by atoms with Crippen LogP contribution in [0.5, 0.6) is 0 Å². The molecule has 0 amide bonds. The lowest BCUT2D eigenvalue weighted by Crippen LogP contribution is -1.97. The summed E-state index contributed by atoms with van der Waals surface area (Å²) in [5.74, 6) is 7.42. The summed E-state index contributed by atoms with van der Waals surface area (Å²) in [6.45, 7) is 16.8. The van der Waals surface area contributed by atoms with Gasteiger partial charge in [-0.2, -0.15) is 0 Å². The van der Waals surface area contributed by atoms with Crippen LogP contribution < -0.4 is 0 Å². The Morgan fingerprint density at radius 1 is 1.20 bits per heavy atom. The minimum Gasteiger partial charge on any atom is -0.0989 e. The van der Waals surface area contributed by atoms with Gasteiger partial charge < -0.3 is 0 Å². The molecule has 0 aliphatic rings. The molecule has 0 radical (unpaired) electrons. The standard InChI is InChI=1S/C15H24/c1-8-12(4)15(7)14(6)10-9-13(5)11(2)3/h12-13H,2,8H2,1,3-7H3. The van der Waals surface area contributed by atoms with Gasteiger partial charge in [0.2, 0.25) is 0 Å². The molecule has 0 heteroatoms. The summed E-state index contributed by atoms with van der Waals surface area (Å²) in [5.41, 5.74) is 3.77. The summed E-state index contributed by atoms with van der Waals surface area (Å²) in [5, 5.41) is 0. The van der Waals surface area contributed by atoms with Gasteiger partial charge in [0.1, 0.15) is 0 Å². The number of hydrogen-bond donors (Lipinski definition) is 0. The van der Waals surface area contributed by atoms with E-state index in [1.165, 1.54) is 17.6 Å². The Hall–Kier alpha value is -0.960. The first kappa shape index (κ1) is 14.0. The minimum atomic E-state index is 0.296. The molecule has 84 valence electrons. The average Bonchev–Trinajstić information content (AvgIpc) is 2.22. The number of rotatable bonds is 3. The Morgan fingerprint density at radius 2 is 1.73 bits per heavy atom. The fraction of sp³-hybridized carbons (Fsp3) is 0.600. The molecule has 2 unspecified atom stereocenters. The van der Waals surface area contributed by atoms with E-state index in [-0.39, 0.29) is 0 Å². The molecule has 0 rings (SSSR count). The van der Waals surface area contributed by atoms with E-state index in [0.29, 0.717) is 11.8 Å². The van der Waals surface area contributed by atoms with Crippen molar-refractivity contribution < 1.29 is 0 Å². The zero-order chi connectivity index (χ0) is 12.0. The van der Waals surface area contributed by atoms with Crippen LogP contribution in [0.3, 0.4) is 0 Å². The monoisotopic (exact) mass is 204 g/mol. The van der Waals surface area contributed by atoms with E-state index in [1.807, 2.05) is 6.92 Å². The van der Waals surface area contributed by atoms with Gasteiger partial charge in [0.15, 0.2) is 0 Å². The van der Waals surface area contributed by atoms with Crippen LogP contribution in [-0.4, -0.2) is 0 Å². The molecule has 0 spiro atoms. The van der Waals surface area contributed by atoms with Crippen molar-refractivity contribution in [1.82, 2.24) is 0 Å². The fourth-order valence-electron chi connectivity index (χ4n) is 1.11. The van der Waals surface area contributed by atoms with E-state index >= 15 is 0 Å². The highest BCUT2D eigenvalue weighted by Crippen LogP contribution is 2.17. The van der Waals surface area contributed by atoms with Crippen molar-refractivity contribution in [3.63, 3.8) is 0 Å². The molecular formula is C15H24. The van der Waals surface area contributed by atoms with E-state index in [0.717, 1.165) is 5.57 Å². The normalized spacial score (nSPS) is 15.9. The maximum atomic E-state index is 3.91. The molecule has 0 N–H and O–H groups in total. The molecule has 0 aliphatic carbocycles. The van der Waals surface area contributed by atoms with E-state index in [4.69, 9.17) is 0 Å². The predicted molar refractivity (Wildman–Crippen MR) is 69.6 cm³/mol. The molecule has 0 saturated carbocycles. The largest absolute Gasteiger partial charge is 0.0989 e. The third-order valence-electron chi connectivity index (χ3n) is 3.16. The lowest BCUT2D eigenvalue weighted by Gasteiger charge is -2.10. The van der Waals surface area contributed by atoms with Gasteiger partial charge in [0.25, 0.3) is 0 Å². The molecule has 2 atom stereocenters. The van der Waals surface area contributed by atoms with Crippen LogP contribution in [0.2, 0.25) is 0 Å². The Kier molecular flexibility index (Phi) is 6.09. The molecule has 0 heterocycles. The van der Waals surface area contributed by atoms with Crippen molar-refractivity contribution in [2.45, 2.75) is 48.0 Å². The summed E-state index contributed by atoms with van der Waals surface area (Å²) in [6, 6.07) is 0. The molecule has 15 heavy (non-hydrogen) atoms. The number of hydrogen-bond acceptors (Lipinski definition) is 0. The maximum Gasteiger partial charge on any atom is 0.0382 e. The summed E-state index contributed by atoms with van der Waals surface area (Å²) >= 11 is 0. The lowest BCUT2D eigenvalue weighted by molar-refractivity contribution is 0.651.